The van der Waals surface area contributed by atoms with E-state index < -0.39 is 5.60 Å². The first-order valence-electron chi connectivity index (χ1n) is 12.6. The Morgan fingerprint density at radius 2 is 1.82 bits per heavy atom. The van der Waals surface area contributed by atoms with E-state index in [-0.39, 0.29) is 17.4 Å². The monoisotopic (exact) mass is 464 g/mol. The topological polar surface area (TPSA) is 53.0 Å². The van der Waals surface area contributed by atoms with Gasteiger partial charge in [-0.2, -0.15) is 0 Å². The molecule has 5 heteroatoms. The zero-order chi connectivity index (χ0) is 24.5. The number of carbonyl (C=O) groups is 1. The Balaban J connectivity index is 1.55. The zero-order valence-corrected chi connectivity index (χ0v) is 21.3. The summed E-state index contributed by atoms with van der Waals surface area (Å²) in [5.74, 6) is 0.666. The molecule has 0 radical (unpaired) electrons. The van der Waals surface area contributed by atoms with Gasteiger partial charge >= 0.3 is 5.97 Å². The third-order valence-corrected chi connectivity index (χ3v) is 7.78. The molecule has 184 valence electrons. The molecule has 1 N–H and O–H groups in total. The number of piperidine rings is 1. The molecule has 0 saturated carbocycles. The van der Waals surface area contributed by atoms with Crippen molar-refractivity contribution in [2.75, 3.05) is 26.2 Å². The van der Waals surface area contributed by atoms with Crippen LogP contribution in [0, 0.1) is 5.92 Å². The molecule has 2 heterocycles. The number of benzene rings is 2. The largest absolute Gasteiger partial charge is 0.508 e. The highest BCUT2D eigenvalue weighted by Crippen LogP contribution is 2.45. The smallest absolute Gasteiger partial charge is 0.307 e. The lowest BCUT2D eigenvalue weighted by Gasteiger charge is -2.55. The van der Waals surface area contributed by atoms with E-state index in [0.717, 1.165) is 26.1 Å². The number of rotatable bonds is 5. The molecular weight excluding hydrogens is 424 g/mol. The highest BCUT2D eigenvalue weighted by atomic mass is 16.6. The summed E-state index contributed by atoms with van der Waals surface area (Å²) >= 11 is 0. The number of ether oxygens (including phenoxy) is 1. The Hall–Kier alpha value is -2.37. The van der Waals surface area contributed by atoms with E-state index in [2.05, 4.69) is 60.0 Å². The summed E-state index contributed by atoms with van der Waals surface area (Å²) in [5, 5.41) is 10.1. The van der Waals surface area contributed by atoms with Gasteiger partial charge in [-0.25, -0.2) is 0 Å². The van der Waals surface area contributed by atoms with Gasteiger partial charge in [0, 0.05) is 38.3 Å². The second-order valence-corrected chi connectivity index (χ2v) is 11.4. The second kappa shape index (κ2) is 9.71. The molecule has 2 aliphatic rings. The van der Waals surface area contributed by atoms with Crippen LogP contribution in [0.1, 0.15) is 64.6 Å². The Morgan fingerprint density at radius 3 is 2.50 bits per heavy atom. The molecule has 4 atom stereocenters. The number of esters is 1. The van der Waals surface area contributed by atoms with Crippen LogP contribution in [0.3, 0.4) is 0 Å². The van der Waals surface area contributed by atoms with E-state index in [1.165, 1.54) is 11.1 Å². The van der Waals surface area contributed by atoms with Crippen molar-refractivity contribution in [3.05, 3.63) is 65.7 Å². The molecule has 0 spiro atoms. The van der Waals surface area contributed by atoms with E-state index in [1.54, 1.807) is 6.07 Å². The molecule has 0 aromatic heterocycles. The third kappa shape index (κ3) is 5.47. The Bertz CT molecular complexity index is 986. The number of nitrogens with zero attached hydrogens (tertiary/aromatic N) is 2. The molecule has 34 heavy (non-hydrogen) atoms. The van der Waals surface area contributed by atoms with Crippen molar-refractivity contribution in [2.45, 2.75) is 70.6 Å². The van der Waals surface area contributed by atoms with E-state index in [1.807, 2.05) is 32.9 Å². The number of piperazine rings is 1. The zero-order valence-electron chi connectivity index (χ0n) is 21.3. The summed E-state index contributed by atoms with van der Waals surface area (Å²) in [5.41, 5.74) is 2.05. The van der Waals surface area contributed by atoms with E-state index in [9.17, 15) is 9.90 Å². The van der Waals surface area contributed by atoms with Gasteiger partial charge in [0.05, 0.1) is 6.42 Å². The second-order valence-electron chi connectivity index (χ2n) is 11.4. The van der Waals surface area contributed by atoms with Gasteiger partial charge in [-0.05, 0) is 61.8 Å². The first-order valence-corrected chi connectivity index (χ1v) is 12.6. The fourth-order valence-corrected chi connectivity index (χ4v) is 5.79. The molecule has 2 aliphatic heterocycles. The number of hydrogen-bond acceptors (Lipinski definition) is 5. The van der Waals surface area contributed by atoms with Crippen LogP contribution < -0.4 is 0 Å². The van der Waals surface area contributed by atoms with Gasteiger partial charge in [0.1, 0.15) is 11.4 Å². The lowest BCUT2D eigenvalue weighted by molar-refractivity contribution is -0.155. The molecule has 0 amide bonds. The van der Waals surface area contributed by atoms with Crippen LogP contribution in [0.25, 0.3) is 0 Å². The molecule has 4 rings (SSSR count). The third-order valence-electron chi connectivity index (χ3n) is 7.78. The van der Waals surface area contributed by atoms with Crippen LogP contribution in [0.15, 0.2) is 54.6 Å². The van der Waals surface area contributed by atoms with Crippen LogP contribution in [0.4, 0.5) is 0 Å². The van der Waals surface area contributed by atoms with Crippen LogP contribution in [-0.4, -0.2) is 58.7 Å². The van der Waals surface area contributed by atoms with Gasteiger partial charge in [-0.3, -0.25) is 14.6 Å². The number of fused-ring (bicyclic) bond motifs is 1. The summed E-state index contributed by atoms with van der Waals surface area (Å²) in [4.78, 5) is 17.6. The molecule has 2 fully saturated rings. The lowest BCUT2D eigenvalue weighted by atomic mass is 9.65. The van der Waals surface area contributed by atoms with Gasteiger partial charge < -0.3 is 9.84 Å². The van der Waals surface area contributed by atoms with E-state index in [4.69, 9.17) is 4.74 Å². The molecule has 0 bridgehead atoms. The van der Waals surface area contributed by atoms with Crippen molar-refractivity contribution in [3.8, 4) is 5.75 Å². The SMILES string of the molecule is CC1CN2CC(c3ccccc3)N(CCC(=O)OC(C)(C)C)CC2C[C@@]1(C)c1cccc(O)c1. The highest BCUT2D eigenvalue weighted by molar-refractivity contribution is 5.70. The molecule has 2 aromatic rings. The average molecular weight is 465 g/mol. The van der Waals surface area contributed by atoms with Crippen molar-refractivity contribution in [1.82, 2.24) is 9.80 Å². The fourth-order valence-electron chi connectivity index (χ4n) is 5.79. The van der Waals surface area contributed by atoms with Crippen molar-refractivity contribution >= 4 is 5.97 Å². The van der Waals surface area contributed by atoms with Gasteiger partial charge in [0.15, 0.2) is 0 Å². The number of phenolic OH excluding ortho intramolecular Hbond substituents is 1. The van der Waals surface area contributed by atoms with Crippen LogP contribution in [0.5, 0.6) is 5.75 Å². The van der Waals surface area contributed by atoms with E-state index >= 15 is 0 Å². The quantitative estimate of drug-likeness (QED) is 0.620. The number of carbonyl (C=O) groups excluding carboxylic acids is 1. The summed E-state index contributed by atoms with van der Waals surface area (Å²) in [6, 6.07) is 19.1. The van der Waals surface area contributed by atoms with Crippen molar-refractivity contribution in [1.29, 1.82) is 0 Å². The predicted octanol–water partition coefficient (Wildman–Crippen LogP) is 5.15. The summed E-state index contributed by atoms with van der Waals surface area (Å²) < 4.78 is 5.59. The number of hydrogen-bond donors (Lipinski definition) is 1. The maximum atomic E-state index is 12.5. The molecular formula is C29H40N2O3. The summed E-state index contributed by atoms with van der Waals surface area (Å²) in [6.07, 6.45) is 1.43. The van der Waals surface area contributed by atoms with Crippen LogP contribution in [0.2, 0.25) is 0 Å². The molecule has 3 unspecified atom stereocenters. The van der Waals surface area contributed by atoms with Crippen molar-refractivity contribution in [3.63, 3.8) is 0 Å². The first-order chi connectivity index (χ1) is 16.0. The Labute approximate surface area is 204 Å². The molecule has 2 saturated heterocycles. The minimum absolute atomic E-state index is 0.00365. The van der Waals surface area contributed by atoms with Gasteiger partial charge in [-0.15, -0.1) is 0 Å². The molecule has 0 aliphatic carbocycles. The molecule has 5 nitrogen and oxygen atoms in total. The predicted molar refractivity (Wildman–Crippen MR) is 136 cm³/mol. The van der Waals surface area contributed by atoms with E-state index in [0.29, 0.717) is 30.7 Å². The van der Waals surface area contributed by atoms with Gasteiger partial charge in [0.25, 0.3) is 0 Å². The number of phenols is 1. The minimum Gasteiger partial charge on any atom is -0.508 e. The van der Waals surface area contributed by atoms with Crippen LogP contribution >= 0.6 is 0 Å². The maximum Gasteiger partial charge on any atom is 0.307 e. The normalized spacial score (nSPS) is 28.3. The van der Waals surface area contributed by atoms with Crippen molar-refractivity contribution < 1.29 is 14.6 Å². The lowest BCUT2D eigenvalue weighted by Crippen LogP contribution is -2.62. The summed E-state index contributed by atoms with van der Waals surface area (Å²) in [7, 11) is 0. The fraction of sp³-hybridized carbons (Fsp3) is 0.552. The number of aromatic hydroxyl groups is 1. The standard InChI is InChI=1S/C29H40N2O3/c1-21-18-31-20-26(22-10-7-6-8-11-22)30(15-14-27(33)34-28(2,3)4)19-24(31)17-29(21,5)23-12-9-13-25(32)16-23/h6-13,16,21,24,26,32H,14-15,17-20H2,1-5H3/t21?,24?,26?,29-/m1/s1. The minimum atomic E-state index is -0.461. The highest BCUT2D eigenvalue weighted by Gasteiger charge is 2.46. The average Bonchev–Trinajstić information content (AvgIpc) is 2.77. The summed E-state index contributed by atoms with van der Waals surface area (Å²) in [6.45, 7) is 14.0. The van der Waals surface area contributed by atoms with Crippen molar-refractivity contribution in [2.24, 2.45) is 5.92 Å². The van der Waals surface area contributed by atoms with Crippen LogP contribution in [-0.2, 0) is 14.9 Å². The van der Waals surface area contributed by atoms with Gasteiger partial charge in [-0.1, -0.05) is 56.3 Å². The first kappa shape index (κ1) is 24.7. The van der Waals surface area contributed by atoms with Gasteiger partial charge in [0.2, 0.25) is 0 Å². The Kier molecular flexibility index (Phi) is 7.07. The maximum absolute atomic E-state index is 12.5. The Morgan fingerprint density at radius 1 is 1.09 bits per heavy atom. The molecule has 2 aromatic carbocycles.